The summed E-state index contributed by atoms with van der Waals surface area (Å²) in [5.74, 6) is 0.467. The minimum Gasteiger partial charge on any atom is -0.493 e. The highest BCUT2D eigenvalue weighted by atomic mass is 127. The fraction of sp³-hybridized carbons (Fsp3) is 0.538. The van der Waals surface area contributed by atoms with Crippen molar-refractivity contribution >= 4 is 22.6 Å². The van der Waals surface area contributed by atoms with Gasteiger partial charge in [0, 0.05) is 12.6 Å². The Balaban J connectivity index is 2.09. The Bertz CT molecular complexity index is 475. The van der Waals surface area contributed by atoms with Crippen molar-refractivity contribution in [2.45, 2.75) is 31.6 Å². The minimum absolute atomic E-state index is 0.139. The minimum atomic E-state index is -4.36. The standard InChI is InChI=1S/C13H15F3INO2/c1-19-11-5-8(6-18-9-2-3-9)4-10(17)12(11)20-7-13(14,15)16/h4-5,9,18H,2-3,6-7H2,1H3. The van der Waals surface area contributed by atoms with E-state index in [1.165, 1.54) is 20.0 Å². The Labute approximate surface area is 129 Å². The first kappa shape index (κ1) is 15.7. The third-order valence-corrected chi connectivity index (χ3v) is 3.64. The van der Waals surface area contributed by atoms with Gasteiger partial charge in [0.1, 0.15) is 0 Å². The molecule has 1 aliphatic rings. The van der Waals surface area contributed by atoms with Crippen molar-refractivity contribution in [1.29, 1.82) is 0 Å². The van der Waals surface area contributed by atoms with Gasteiger partial charge in [0.15, 0.2) is 18.1 Å². The van der Waals surface area contributed by atoms with Gasteiger partial charge in [-0.05, 0) is 53.1 Å². The Morgan fingerprint density at radius 1 is 1.35 bits per heavy atom. The zero-order chi connectivity index (χ0) is 14.8. The highest BCUT2D eigenvalue weighted by Gasteiger charge is 2.29. The van der Waals surface area contributed by atoms with E-state index in [-0.39, 0.29) is 5.75 Å². The topological polar surface area (TPSA) is 30.5 Å². The van der Waals surface area contributed by atoms with Gasteiger partial charge in [-0.2, -0.15) is 13.2 Å². The quantitative estimate of drug-likeness (QED) is 0.741. The molecule has 112 valence electrons. The number of rotatable bonds is 6. The maximum Gasteiger partial charge on any atom is 0.422 e. The van der Waals surface area contributed by atoms with Gasteiger partial charge >= 0.3 is 6.18 Å². The molecule has 0 radical (unpaired) electrons. The number of benzene rings is 1. The lowest BCUT2D eigenvalue weighted by Crippen LogP contribution is -2.20. The number of nitrogens with one attached hydrogen (secondary N) is 1. The second kappa shape index (κ2) is 6.38. The van der Waals surface area contributed by atoms with E-state index in [0.717, 1.165) is 5.56 Å². The van der Waals surface area contributed by atoms with Gasteiger partial charge in [0.05, 0.1) is 10.7 Å². The van der Waals surface area contributed by atoms with Crippen molar-refractivity contribution in [2.24, 2.45) is 0 Å². The third kappa shape index (κ3) is 4.69. The van der Waals surface area contributed by atoms with E-state index in [2.05, 4.69) is 5.32 Å². The second-order valence-electron chi connectivity index (χ2n) is 4.67. The number of hydrogen-bond donors (Lipinski definition) is 1. The van der Waals surface area contributed by atoms with Crippen molar-refractivity contribution in [3.05, 3.63) is 21.3 Å². The van der Waals surface area contributed by atoms with E-state index < -0.39 is 12.8 Å². The van der Waals surface area contributed by atoms with Gasteiger partial charge in [-0.25, -0.2) is 0 Å². The molecule has 1 aromatic rings. The number of alkyl halides is 3. The van der Waals surface area contributed by atoms with Crippen molar-refractivity contribution in [3.63, 3.8) is 0 Å². The molecule has 7 heteroatoms. The molecule has 1 saturated carbocycles. The van der Waals surface area contributed by atoms with Crippen LogP contribution in [0.4, 0.5) is 13.2 Å². The molecule has 0 aliphatic heterocycles. The number of halogens is 4. The first-order valence-corrected chi connectivity index (χ1v) is 7.26. The van der Waals surface area contributed by atoms with Gasteiger partial charge in [0.2, 0.25) is 0 Å². The molecule has 0 heterocycles. The fourth-order valence-electron chi connectivity index (χ4n) is 1.72. The van der Waals surface area contributed by atoms with Crippen LogP contribution in [0.2, 0.25) is 0 Å². The number of methoxy groups -OCH3 is 1. The van der Waals surface area contributed by atoms with Crippen molar-refractivity contribution < 1.29 is 22.6 Å². The van der Waals surface area contributed by atoms with Gasteiger partial charge in [-0.1, -0.05) is 0 Å². The van der Waals surface area contributed by atoms with E-state index in [4.69, 9.17) is 9.47 Å². The zero-order valence-corrected chi connectivity index (χ0v) is 13.0. The number of hydrogen-bond acceptors (Lipinski definition) is 3. The monoisotopic (exact) mass is 401 g/mol. The molecule has 3 nitrogen and oxygen atoms in total. The Hall–Kier alpha value is -0.700. The van der Waals surface area contributed by atoms with Crippen LogP contribution in [0.15, 0.2) is 12.1 Å². The summed E-state index contributed by atoms with van der Waals surface area (Å²) in [6.45, 7) is -0.643. The molecule has 1 N–H and O–H groups in total. The summed E-state index contributed by atoms with van der Waals surface area (Å²) in [5, 5.41) is 3.35. The molecule has 20 heavy (non-hydrogen) atoms. The smallest absolute Gasteiger partial charge is 0.422 e. The van der Waals surface area contributed by atoms with Crippen LogP contribution in [-0.2, 0) is 6.54 Å². The maximum atomic E-state index is 12.2. The maximum absolute atomic E-state index is 12.2. The van der Waals surface area contributed by atoms with E-state index >= 15 is 0 Å². The Morgan fingerprint density at radius 2 is 2.05 bits per heavy atom. The lowest BCUT2D eigenvalue weighted by molar-refractivity contribution is -0.153. The van der Waals surface area contributed by atoms with Crippen LogP contribution in [0.3, 0.4) is 0 Å². The van der Waals surface area contributed by atoms with Crippen LogP contribution >= 0.6 is 22.6 Å². The zero-order valence-electron chi connectivity index (χ0n) is 10.9. The number of ether oxygens (including phenoxy) is 2. The molecule has 1 aliphatic carbocycles. The largest absolute Gasteiger partial charge is 0.493 e. The normalized spacial score (nSPS) is 15.2. The summed E-state index contributed by atoms with van der Waals surface area (Å²) in [6, 6.07) is 4.09. The van der Waals surface area contributed by atoms with E-state index in [1.807, 2.05) is 28.7 Å². The molecule has 0 aromatic heterocycles. The molecule has 1 fully saturated rings. The van der Waals surface area contributed by atoms with Crippen LogP contribution in [0.1, 0.15) is 18.4 Å². The van der Waals surface area contributed by atoms with E-state index in [1.54, 1.807) is 6.07 Å². The summed E-state index contributed by atoms with van der Waals surface area (Å²) in [7, 11) is 1.42. The highest BCUT2D eigenvalue weighted by molar-refractivity contribution is 14.1. The summed E-state index contributed by atoms with van der Waals surface area (Å²) >= 11 is 1.96. The predicted molar refractivity (Wildman–Crippen MR) is 77.1 cm³/mol. The van der Waals surface area contributed by atoms with Crippen molar-refractivity contribution in [3.8, 4) is 11.5 Å². The molecule has 0 spiro atoms. The summed E-state index contributed by atoms with van der Waals surface area (Å²) in [6.07, 6.45) is -2.00. The Morgan fingerprint density at radius 3 is 2.60 bits per heavy atom. The Kier molecular flexibility index (Phi) is 5.00. The summed E-state index contributed by atoms with van der Waals surface area (Å²) in [4.78, 5) is 0. The fourth-order valence-corrected chi connectivity index (χ4v) is 2.54. The van der Waals surface area contributed by atoms with Crippen LogP contribution in [-0.4, -0.2) is 25.9 Å². The van der Waals surface area contributed by atoms with Crippen molar-refractivity contribution in [1.82, 2.24) is 5.32 Å². The van der Waals surface area contributed by atoms with Crippen molar-refractivity contribution in [2.75, 3.05) is 13.7 Å². The molecule has 2 rings (SSSR count). The molecular formula is C13H15F3INO2. The SMILES string of the molecule is COc1cc(CNC2CC2)cc(I)c1OCC(F)(F)F. The molecule has 1 aromatic carbocycles. The first-order valence-electron chi connectivity index (χ1n) is 6.18. The molecule has 0 amide bonds. The lowest BCUT2D eigenvalue weighted by atomic mass is 10.2. The molecular weight excluding hydrogens is 386 g/mol. The molecule has 0 saturated heterocycles. The highest BCUT2D eigenvalue weighted by Crippen LogP contribution is 2.35. The molecule has 0 bridgehead atoms. The average Bonchev–Trinajstić information content (AvgIpc) is 3.17. The first-order chi connectivity index (χ1) is 9.39. The summed E-state index contributed by atoms with van der Waals surface area (Å²) < 4.78 is 47.3. The lowest BCUT2D eigenvalue weighted by Gasteiger charge is -2.15. The van der Waals surface area contributed by atoms with Crippen LogP contribution < -0.4 is 14.8 Å². The average molecular weight is 401 g/mol. The third-order valence-electron chi connectivity index (χ3n) is 2.84. The predicted octanol–water partition coefficient (Wildman–Crippen LogP) is 3.49. The van der Waals surface area contributed by atoms with E-state index in [9.17, 15) is 13.2 Å². The summed E-state index contributed by atoms with van der Waals surface area (Å²) in [5.41, 5.74) is 0.970. The van der Waals surface area contributed by atoms with Crippen LogP contribution in [0, 0.1) is 3.57 Å². The van der Waals surface area contributed by atoms with Gasteiger partial charge in [-0.3, -0.25) is 0 Å². The van der Waals surface area contributed by atoms with Gasteiger partial charge < -0.3 is 14.8 Å². The van der Waals surface area contributed by atoms with Gasteiger partial charge in [-0.15, -0.1) is 0 Å². The van der Waals surface area contributed by atoms with Crippen LogP contribution in [0.5, 0.6) is 11.5 Å². The second-order valence-corrected chi connectivity index (χ2v) is 5.83. The molecule has 0 unspecified atom stereocenters. The van der Waals surface area contributed by atoms with Crippen LogP contribution in [0.25, 0.3) is 0 Å². The molecule has 0 atom stereocenters. The van der Waals surface area contributed by atoms with Gasteiger partial charge in [0.25, 0.3) is 0 Å². The van der Waals surface area contributed by atoms with E-state index in [0.29, 0.717) is 21.9 Å².